The lowest BCUT2D eigenvalue weighted by atomic mass is 10.4. The molecule has 0 bridgehead atoms. The summed E-state index contributed by atoms with van der Waals surface area (Å²) in [5.41, 5.74) is 1.74. The molecule has 0 atom stereocenters. The zero-order valence-electron chi connectivity index (χ0n) is 9.20. The van der Waals surface area contributed by atoms with Crippen LogP contribution in [-0.2, 0) is 4.79 Å². The van der Waals surface area contributed by atoms with E-state index < -0.39 is 0 Å². The highest BCUT2D eigenvalue weighted by atomic mass is 16.5. The number of hydrogen-bond donors (Lipinski definition) is 1. The summed E-state index contributed by atoms with van der Waals surface area (Å²) < 4.78 is 5.28. The number of carbonyl (C=O) groups excluding carboxylic acids is 1. The average molecular weight is 209 g/mol. The van der Waals surface area contributed by atoms with Crippen LogP contribution < -0.4 is 10.1 Å². The smallest absolute Gasteiger partial charge is 0.316 e. The third-order valence-electron chi connectivity index (χ3n) is 1.67. The fraction of sp³-hybridized carbons (Fsp3) is 0.500. The number of aromatic nitrogens is 2. The van der Waals surface area contributed by atoms with Gasteiger partial charge in [0.05, 0.1) is 6.54 Å². The summed E-state index contributed by atoms with van der Waals surface area (Å²) in [6.45, 7) is 6.08. The SMILES string of the molecule is CC(=O)NCCOc1nc(C)cc(C)n1. The average Bonchev–Trinajstić information content (AvgIpc) is 2.10. The van der Waals surface area contributed by atoms with Crippen molar-refractivity contribution < 1.29 is 9.53 Å². The van der Waals surface area contributed by atoms with Gasteiger partial charge in [0, 0.05) is 18.3 Å². The Morgan fingerprint density at radius 1 is 1.40 bits per heavy atom. The molecule has 1 rings (SSSR count). The molecule has 0 aliphatic carbocycles. The number of nitrogens with one attached hydrogen (secondary N) is 1. The van der Waals surface area contributed by atoms with E-state index in [2.05, 4.69) is 15.3 Å². The maximum atomic E-state index is 10.6. The molecule has 1 heterocycles. The summed E-state index contributed by atoms with van der Waals surface area (Å²) in [4.78, 5) is 18.8. The molecule has 1 N–H and O–H groups in total. The van der Waals surface area contributed by atoms with Gasteiger partial charge in [0.15, 0.2) is 0 Å². The van der Waals surface area contributed by atoms with Gasteiger partial charge in [0.1, 0.15) is 6.61 Å². The molecule has 0 fully saturated rings. The topological polar surface area (TPSA) is 64.1 Å². The van der Waals surface area contributed by atoms with Gasteiger partial charge in [-0.2, -0.15) is 0 Å². The maximum absolute atomic E-state index is 10.6. The quantitative estimate of drug-likeness (QED) is 0.738. The molecule has 0 aromatic carbocycles. The third-order valence-corrected chi connectivity index (χ3v) is 1.67. The summed E-state index contributed by atoms with van der Waals surface area (Å²) in [5, 5.41) is 2.63. The van der Waals surface area contributed by atoms with E-state index in [1.807, 2.05) is 19.9 Å². The normalized spacial score (nSPS) is 9.80. The second kappa shape index (κ2) is 5.29. The van der Waals surface area contributed by atoms with E-state index in [4.69, 9.17) is 4.74 Å². The summed E-state index contributed by atoms with van der Waals surface area (Å²) in [5.74, 6) is -0.0695. The van der Waals surface area contributed by atoms with E-state index in [0.29, 0.717) is 19.2 Å². The first kappa shape index (κ1) is 11.4. The van der Waals surface area contributed by atoms with Crippen LogP contribution in [0.25, 0.3) is 0 Å². The van der Waals surface area contributed by atoms with Crippen LogP contribution in [0.3, 0.4) is 0 Å². The van der Waals surface area contributed by atoms with Crippen molar-refractivity contribution in [3.05, 3.63) is 17.5 Å². The van der Waals surface area contributed by atoms with Crippen molar-refractivity contribution in [2.24, 2.45) is 0 Å². The van der Waals surface area contributed by atoms with Crippen LogP contribution in [0.2, 0.25) is 0 Å². The Balaban J connectivity index is 2.40. The first-order valence-electron chi connectivity index (χ1n) is 4.77. The Labute approximate surface area is 88.9 Å². The van der Waals surface area contributed by atoms with Crippen molar-refractivity contribution in [3.8, 4) is 6.01 Å². The van der Waals surface area contributed by atoms with E-state index in [1.54, 1.807) is 0 Å². The number of amides is 1. The van der Waals surface area contributed by atoms with E-state index in [0.717, 1.165) is 11.4 Å². The largest absolute Gasteiger partial charge is 0.462 e. The van der Waals surface area contributed by atoms with Crippen molar-refractivity contribution in [1.82, 2.24) is 15.3 Å². The third kappa shape index (κ3) is 4.39. The molecule has 0 unspecified atom stereocenters. The van der Waals surface area contributed by atoms with Crippen LogP contribution in [0.1, 0.15) is 18.3 Å². The fourth-order valence-corrected chi connectivity index (χ4v) is 1.13. The molecule has 1 aromatic rings. The first-order chi connectivity index (χ1) is 7.08. The van der Waals surface area contributed by atoms with Gasteiger partial charge in [-0.25, -0.2) is 9.97 Å². The summed E-state index contributed by atoms with van der Waals surface area (Å²) in [7, 11) is 0. The standard InChI is InChI=1S/C10H15N3O2/c1-7-6-8(2)13-10(12-7)15-5-4-11-9(3)14/h6H,4-5H2,1-3H3,(H,11,14). The molecule has 0 aliphatic rings. The molecule has 0 saturated carbocycles. The van der Waals surface area contributed by atoms with E-state index >= 15 is 0 Å². The van der Waals surface area contributed by atoms with E-state index in [1.165, 1.54) is 6.92 Å². The number of rotatable bonds is 4. The molecule has 1 aromatic heterocycles. The van der Waals surface area contributed by atoms with Gasteiger partial charge in [-0.3, -0.25) is 4.79 Å². The predicted molar refractivity (Wildman–Crippen MR) is 55.7 cm³/mol. The van der Waals surface area contributed by atoms with Gasteiger partial charge in [-0.1, -0.05) is 0 Å². The molecule has 0 aliphatic heterocycles. The molecule has 0 saturated heterocycles. The van der Waals surface area contributed by atoms with Crippen molar-refractivity contribution in [1.29, 1.82) is 0 Å². The van der Waals surface area contributed by atoms with Gasteiger partial charge in [0.2, 0.25) is 5.91 Å². The zero-order chi connectivity index (χ0) is 11.3. The summed E-state index contributed by atoms with van der Waals surface area (Å²) in [6, 6.07) is 2.23. The molecule has 0 spiro atoms. The molecule has 5 heteroatoms. The zero-order valence-corrected chi connectivity index (χ0v) is 9.20. The molecule has 1 amide bonds. The number of carbonyl (C=O) groups is 1. The highest BCUT2D eigenvalue weighted by Gasteiger charge is 2.00. The molecule has 0 radical (unpaired) electrons. The van der Waals surface area contributed by atoms with Crippen LogP contribution in [0.4, 0.5) is 0 Å². The van der Waals surface area contributed by atoms with E-state index in [9.17, 15) is 4.79 Å². The van der Waals surface area contributed by atoms with Crippen molar-refractivity contribution in [2.75, 3.05) is 13.2 Å². The first-order valence-corrected chi connectivity index (χ1v) is 4.77. The summed E-state index contributed by atoms with van der Waals surface area (Å²) >= 11 is 0. The minimum absolute atomic E-state index is 0.0695. The number of nitrogens with zero attached hydrogens (tertiary/aromatic N) is 2. The monoisotopic (exact) mass is 209 g/mol. The van der Waals surface area contributed by atoms with Gasteiger partial charge in [-0.15, -0.1) is 0 Å². The molecule has 82 valence electrons. The van der Waals surface area contributed by atoms with Crippen LogP contribution >= 0.6 is 0 Å². The van der Waals surface area contributed by atoms with Crippen LogP contribution in [0.15, 0.2) is 6.07 Å². The Morgan fingerprint density at radius 3 is 2.53 bits per heavy atom. The molecular formula is C10H15N3O2. The maximum Gasteiger partial charge on any atom is 0.316 e. The van der Waals surface area contributed by atoms with Crippen molar-refractivity contribution in [2.45, 2.75) is 20.8 Å². The summed E-state index contributed by atoms with van der Waals surface area (Å²) in [6.07, 6.45) is 0. The Kier molecular flexibility index (Phi) is 4.03. The minimum Gasteiger partial charge on any atom is -0.462 e. The predicted octanol–water partition coefficient (Wildman–Crippen LogP) is 0.608. The van der Waals surface area contributed by atoms with E-state index in [-0.39, 0.29) is 5.91 Å². The molecule has 15 heavy (non-hydrogen) atoms. The van der Waals surface area contributed by atoms with Crippen LogP contribution in [-0.4, -0.2) is 29.0 Å². The highest BCUT2D eigenvalue weighted by molar-refractivity contribution is 5.72. The minimum atomic E-state index is -0.0695. The lowest BCUT2D eigenvalue weighted by molar-refractivity contribution is -0.119. The Morgan fingerprint density at radius 2 is 2.00 bits per heavy atom. The lowest BCUT2D eigenvalue weighted by Gasteiger charge is -2.05. The highest BCUT2D eigenvalue weighted by Crippen LogP contribution is 2.05. The Bertz CT molecular complexity index is 332. The van der Waals surface area contributed by atoms with Gasteiger partial charge in [-0.05, 0) is 19.9 Å². The van der Waals surface area contributed by atoms with Crippen LogP contribution in [0.5, 0.6) is 6.01 Å². The van der Waals surface area contributed by atoms with Gasteiger partial charge < -0.3 is 10.1 Å². The second-order valence-corrected chi connectivity index (χ2v) is 3.26. The van der Waals surface area contributed by atoms with Crippen molar-refractivity contribution >= 4 is 5.91 Å². The lowest BCUT2D eigenvalue weighted by Crippen LogP contribution is -2.25. The Hall–Kier alpha value is -1.65. The molecule has 5 nitrogen and oxygen atoms in total. The number of ether oxygens (including phenoxy) is 1. The number of aryl methyl sites for hydroxylation is 2. The fourth-order valence-electron chi connectivity index (χ4n) is 1.13. The number of hydrogen-bond acceptors (Lipinski definition) is 4. The van der Waals surface area contributed by atoms with Crippen LogP contribution in [0, 0.1) is 13.8 Å². The van der Waals surface area contributed by atoms with Crippen molar-refractivity contribution in [3.63, 3.8) is 0 Å². The molecular weight excluding hydrogens is 194 g/mol. The van der Waals surface area contributed by atoms with Gasteiger partial charge in [0.25, 0.3) is 0 Å². The second-order valence-electron chi connectivity index (χ2n) is 3.26. The van der Waals surface area contributed by atoms with Gasteiger partial charge >= 0.3 is 6.01 Å².